The molecule has 1 heteroatoms. The predicted molar refractivity (Wildman–Crippen MR) is 78.4 cm³/mol. The van der Waals surface area contributed by atoms with E-state index in [0.29, 0.717) is 0 Å². The monoisotopic (exact) mass is 242 g/mol. The van der Waals surface area contributed by atoms with E-state index in [1.54, 1.807) is 0 Å². The highest BCUT2D eigenvalue weighted by molar-refractivity contribution is 7.11. The Bertz CT molecular complexity index is 498. The minimum atomic E-state index is 0.219. The molecule has 17 heavy (non-hydrogen) atoms. The molecule has 0 saturated carbocycles. The van der Waals surface area contributed by atoms with Gasteiger partial charge in [-0.15, -0.1) is 11.3 Å². The zero-order valence-electron chi connectivity index (χ0n) is 10.6. The lowest BCUT2D eigenvalue weighted by Gasteiger charge is -2.18. The quantitative estimate of drug-likeness (QED) is 0.677. The summed E-state index contributed by atoms with van der Waals surface area (Å²) in [5, 5.41) is 2.17. The third-order valence-electron chi connectivity index (χ3n) is 2.73. The topological polar surface area (TPSA) is 0 Å². The smallest absolute Gasteiger partial charge is 0.0307 e. The molecule has 0 fully saturated rings. The second-order valence-corrected chi connectivity index (χ2v) is 6.14. The fourth-order valence-corrected chi connectivity index (χ4v) is 2.80. The largest absolute Gasteiger partial charge is 0.144 e. The van der Waals surface area contributed by atoms with Gasteiger partial charge in [-0.3, -0.25) is 0 Å². The Morgan fingerprint density at radius 3 is 2.29 bits per heavy atom. The summed E-state index contributed by atoms with van der Waals surface area (Å²) in [5.41, 5.74) is 2.89. The van der Waals surface area contributed by atoms with Gasteiger partial charge >= 0.3 is 0 Å². The molecule has 0 N–H and O–H groups in total. The van der Waals surface area contributed by atoms with Crippen LogP contribution in [0.15, 0.2) is 41.8 Å². The van der Waals surface area contributed by atoms with Crippen molar-refractivity contribution in [3.05, 3.63) is 57.8 Å². The van der Waals surface area contributed by atoms with Crippen LogP contribution in [0.25, 0.3) is 12.2 Å². The summed E-state index contributed by atoms with van der Waals surface area (Å²) in [6.45, 7) is 6.78. The number of benzene rings is 1. The molecule has 1 aromatic heterocycles. The second-order valence-electron chi connectivity index (χ2n) is 5.19. The van der Waals surface area contributed by atoms with E-state index in [2.05, 4.69) is 68.6 Å². The van der Waals surface area contributed by atoms with E-state index in [1.807, 2.05) is 17.4 Å². The van der Waals surface area contributed by atoms with Gasteiger partial charge in [0.05, 0.1) is 0 Å². The van der Waals surface area contributed by atoms with Crippen molar-refractivity contribution >= 4 is 23.5 Å². The van der Waals surface area contributed by atoms with E-state index in [1.165, 1.54) is 16.0 Å². The van der Waals surface area contributed by atoms with E-state index >= 15 is 0 Å². The molecule has 0 nitrogen and oxygen atoms in total. The highest BCUT2D eigenvalue weighted by Gasteiger charge is 2.17. The number of hydrogen-bond donors (Lipinski definition) is 0. The molecule has 0 aliphatic heterocycles. The summed E-state index contributed by atoms with van der Waals surface area (Å²) < 4.78 is 0. The average molecular weight is 242 g/mol. The summed E-state index contributed by atoms with van der Waals surface area (Å²) in [5.74, 6) is 0. The van der Waals surface area contributed by atoms with Gasteiger partial charge in [0.15, 0.2) is 0 Å². The van der Waals surface area contributed by atoms with Gasteiger partial charge in [-0.05, 0) is 34.1 Å². The molecule has 1 aromatic carbocycles. The molecular formula is C16H18S. The van der Waals surface area contributed by atoms with Gasteiger partial charge in [-0.1, -0.05) is 57.2 Å². The lowest BCUT2D eigenvalue weighted by molar-refractivity contribution is 0.592. The van der Waals surface area contributed by atoms with E-state index in [9.17, 15) is 0 Å². The van der Waals surface area contributed by atoms with Crippen molar-refractivity contribution in [2.75, 3.05) is 0 Å². The van der Waals surface area contributed by atoms with Crippen LogP contribution in [0.5, 0.6) is 0 Å². The highest BCUT2D eigenvalue weighted by atomic mass is 32.1. The molecule has 0 spiro atoms. The average Bonchev–Trinajstić information content (AvgIpc) is 2.75. The van der Waals surface area contributed by atoms with Crippen LogP contribution in [0.2, 0.25) is 0 Å². The van der Waals surface area contributed by atoms with Crippen LogP contribution in [0.1, 0.15) is 36.8 Å². The molecule has 0 aliphatic rings. The summed E-state index contributed by atoms with van der Waals surface area (Å²) in [6, 6.07) is 12.7. The second kappa shape index (κ2) is 4.89. The van der Waals surface area contributed by atoms with Gasteiger partial charge in [0.1, 0.15) is 0 Å². The fourth-order valence-electron chi connectivity index (χ4n) is 1.81. The zero-order chi connectivity index (χ0) is 12.3. The molecule has 0 radical (unpaired) electrons. The third kappa shape index (κ3) is 3.07. The zero-order valence-corrected chi connectivity index (χ0v) is 11.4. The van der Waals surface area contributed by atoms with Crippen LogP contribution in [0, 0.1) is 0 Å². The van der Waals surface area contributed by atoms with Crippen LogP contribution in [0.4, 0.5) is 0 Å². The molecule has 0 atom stereocenters. The van der Waals surface area contributed by atoms with Crippen LogP contribution in [0.3, 0.4) is 0 Å². The van der Waals surface area contributed by atoms with Crippen molar-refractivity contribution in [1.29, 1.82) is 0 Å². The Morgan fingerprint density at radius 2 is 1.65 bits per heavy atom. The van der Waals surface area contributed by atoms with E-state index in [4.69, 9.17) is 0 Å². The van der Waals surface area contributed by atoms with Crippen molar-refractivity contribution in [2.45, 2.75) is 26.2 Å². The fraction of sp³-hybridized carbons (Fsp3) is 0.250. The lowest BCUT2D eigenvalue weighted by Crippen LogP contribution is -2.10. The van der Waals surface area contributed by atoms with Crippen molar-refractivity contribution in [3.8, 4) is 0 Å². The van der Waals surface area contributed by atoms with E-state index < -0.39 is 0 Å². The van der Waals surface area contributed by atoms with Crippen molar-refractivity contribution < 1.29 is 0 Å². The van der Waals surface area contributed by atoms with Gasteiger partial charge in [0.25, 0.3) is 0 Å². The van der Waals surface area contributed by atoms with Gasteiger partial charge in [0, 0.05) is 4.88 Å². The molecule has 2 aromatic rings. The summed E-state index contributed by atoms with van der Waals surface area (Å²) in [6.07, 6.45) is 4.40. The molecule has 0 aliphatic carbocycles. The standard InChI is InChI=1S/C16H18S/c1-16(2,3)14-11-12-17-15(14)10-9-13-7-5-4-6-8-13/h4-12H,1-3H3/b10-9-. The minimum absolute atomic E-state index is 0.219. The molecule has 88 valence electrons. The minimum Gasteiger partial charge on any atom is -0.144 e. The third-order valence-corrected chi connectivity index (χ3v) is 3.61. The normalized spacial score (nSPS) is 12.2. The van der Waals surface area contributed by atoms with Crippen LogP contribution < -0.4 is 0 Å². The number of hydrogen-bond acceptors (Lipinski definition) is 1. The number of rotatable bonds is 2. The molecule has 2 rings (SSSR count). The summed E-state index contributed by atoms with van der Waals surface area (Å²) >= 11 is 1.81. The Kier molecular flexibility index (Phi) is 3.49. The van der Waals surface area contributed by atoms with E-state index in [0.717, 1.165) is 0 Å². The van der Waals surface area contributed by atoms with Gasteiger partial charge in [-0.2, -0.15) is 0 Å². The molecule has 0 saturated heterocycles. The summed E-state index contributed by atoms with van der Waals surface area (Å²) in [4.78, 5) is 1.36. The van der Waals surface area contributed by atoms with Crippen molar-refractivity contribution in [2.24, 2.45) is 0 Å². The van der Waals surface area contributed by atoms with Gasteiger partial charge < -0.3 is 0 Å². The van der Waals surface area contributed by atoms with E-state index in [-0.39, 0.29) is 5.41 Å². The Balaban J connectivity index is 2.26. The van der Waals surface area contributed by atoms with Gasteiger partial charge in [-0.25, -0.2) is 0 Å². The van der Waals surface area contributed by atoms with Gasteiger partial charge in [0.2, 0.25) is 0 Å². The maximum Gasteiger partial charge on any atom is 0.0307 e. The molecular weight excluding hydrogens is 224 g/mol. The Labute approximate surface area is 108 Å². The van der Waals surface area contributed by atoms with Crippen molar-refractivity contribution in [3.63, 3.8) is 0 Å². The predicted octanol–water partition coefficient (Wildman–Crippen LogP) is 5.22. The first kappa shape index (κ1) is 12.1. The first-order valence-electron chi connectivity index (χ1n) is 5.88. The maximum absolute atomic E-state index is 2.26. The Hall–Kier alpha value is -1.34. The van der Waals surface area contributed by atoms with Crippen LogP contribution in [-0.2, 0) is 5.41 Å². The SMILES string of the molecule is CC(C)(C)c1ccsc1/C=C\c1ccccc1. The maximum atomic E-state index is 2.26. The number of thiophene rings is 1. The molecule has 0 bridgehead atoms. The lowest BCUT2D eigenvalue weighted by atomic mass is 9.87. The first-order valence-corrected chi connectivity index (χ1v) is 6.76. The molecule has 0 amide bonds. The van der Waals surface area contributed by atoms with Crippen LogP contribution in [-0.4, -0.2) is 0 Å². The molecule has 1 heterocycles. The Morgan fingerprint density at radius 1 is 0.941 bits per heavy atom. The van der Waals surface area contributed by atoms with Crippen molar-refractivity contribution in [1.82, 2.24) is 0 Å². The first-order chi connectivity index (χ1) is 8.07. The van der Waals surface area contributed by atoms with Crippen LogP contribution >= 0.6 is 11.3 Å². The highest BCUT2D eigenvalue weighted by Crippen LogP contribution is 2.30. The molecule has 0 unspecified atom stereocenters. The summed E-state index contributed by atoms with van der Waals surface area (Å²) in [7, 11) is 0.